The first-order valence-electron chi connectivity index (χ1n) is 11.1. The fraction of sp³-hybridized carbons (Fsp3) is 0.304. The maximum atomic E-state index is 13.7. The lowest BCUT2D eigenvalue weighted by Crippen LogP contribution is -2.21. The summed E-state index contributed by atoms with van der Waals surface area (Å²) in [5.74, 6) is -0.989. The minimum Gasteiger partial charge on any atom is -0.495 e. The number of nitrogens with zero attached hydrogens (tertiary/aromatic N) is 3. The molecular formula is C23H24BrF3N6O4P+. The fourth-order valence-electron chi connectivity index (χ4n) is 3.30. The predicted molar refractivity (Wildman–Crippen MR) is 140 cm³/mol. The SMILES string of the molecule is CNC(=O)c1nc(Br)ccc1Nc1nc(Nc2ccc(CCC(C)[P+](=O)O)cc2OC)ncc1C(F)(F)F. The number of benzene rings is 1. The Morgan fingerprint density at radius 3 is 2.53 bits per heavy atom. The molecule has 1 aromatic carbocycles. The molecule has 3 rings (SSSR count). The van der Waals surface area contributed by atoms with Crippen molar-refractivity contribution in [3.05, 3.63) is 58.0 Å². The number of hydrogen-bond acceptors (Lipinski definition) is 8. The van der Waals surface area contributed by atoms with E-state index in [9.17, 15) is 27.4 Å². The molecule has 10 nitrogen and oxygen atoms in total. The maximum Gasteiger partial charge on any atom is 0.508 e. The molecule has 0 fully saturated rings. The molecule has 2 aromatic heterocycles. The van der Waals surface area contributed by atoms with Gasteiger partial charge in [0.1, 0.15) is 21.7 Å². The van der Waals surface area contributed by atoms with Gasteiger partial charge >= 0.3 is 14.2 Å². The van der Waals surface area contributed by atoms with Crippen molar-refractivity contribution in [2.45, 2.75) is 31.6 Å². The Balaban J connectivity index is 1.94. The monoisotopic (exact) mass is 615 g/mol. The fourth-order valence-corrected chi connectivity index (χ4v) is 3.96. The Labute approximate surface area is 225 Å². The number of carbonyl (C=O) groups excluding carboxylic acids is 1. The van der Waals surface area contributed by atoms with Gasteiger partial charge in [0.05, 0.1) is 18.5 Å². The zero-order valence-electron chi connectivity index (χ0n) is 20.4. The van der Waals surface area contributed by atoms with E-state index in [4.69, 9.17) is 4.74 Å². The molecular weight excluding hydrogens is 592 g/mol. The van der Waals surface area contributed by atoms with E-state index in [0.717, 1.165) is 5.56 Å². The molecule has 15 heteroatoms. The highest BCUT2D eigenvalue weighted by atomic mass is 79.9. The van der Waals surface area contributed by atoms with E-state index in [1.165, 1.54) is 26.3 Å². The van der Waals surface area contributed by atoms with Crippen LogP contribution in [-0.2, 0) is 17.2 Å². The highest BCUT2D eigenvalue weighted by molar-refractivity contribution is 9.10. The summed E-state index contributed by atoms with van der Waals surface area (Å²) < 4.78 is 58.2. The van der Waals surface area contributed by atoms with Crippen molar-refractivity contribution in [3.63, 3.8) is 0 Å². The van der Waals surface area contributed by atoms with E-state index in [1.807, 2.05) is 0 Å². The molecule has 0 aliphatic carbocycles. The molecule has 0 spiro atoms. The number of amides is 1. The molecule has 0 bridgehead atoms. The number of anilines is 4. The number of ether oxygens (including phenoxy) is 1. The second-order valence-corrected chi connectivity index (χ2v) is 10.3. The first-order valence-corrected chi connectivity index (χ1v) is 13.2. The molecule has 3 aromatic rings. The topological polar surface area (TPSA) is 138 Å². The number of carbonyl (C=O) groups is 1. The van der Waals surface area contributed by atoms with Crippen molar-refractivity contribution in [2.24, 2.45) is 0 Å². The molecule has 0 radical (unpaired) electrons. The number of alkyl halides is 3. The second-order valence-electron chi connectivity index (χ2n) is 8.04. The molecule has 4 N–H and O–H groups in total. The maximum absolute atomic E-state index is 13.7. The number of pyridine rings is 1. The Hall–Kier alpha value is -3.35. The Bertz CT molecular complexity index is 1340. The van der Waals surface area contributed by atoms with Crippen LogP contribution >= 0.6 is 24.0 Å². The van der Waals surface area contributed by atoms with Gasteiger partial charge in [0.2, 0.25) is 5.95 Å². The van der Waals surface area contributed by atoms with Crippen molar-refractivity contribution in [1.82, 2.24) is 20.3 Å². The average molecular weight is 616 g/mol. The van der Waals surface area contributed by atoms with Gasteiger partial charge in [-0.3, -0.25) is 4.79 Å². The van der Waals surface area contributed by atoms with Crippen LogP contribution in [0.4, 0.5) is 36.3 Å². The van der Waals surface area contributed by atoms with Gasteiger partial charge in [0.15, 0.2) is 11.4 Å². The van der Waals surface area contributed by atoms with Crippen molar-refractivity contribution in [1.29, 1.82) is 0 Å². The molecule has 2 heterocycles. The van der Waals surface area contributed by atoms with Gasteiger partial charge in [-0.1, -0.05) is 6.07 Å². The van der Waals surface area contributed by atoms with Crippen LogP contribution in [0.15, 0.2) is 41.1 Å². The minimum absolute atomic E-state index is 0.00323. The summed E-state index contributed by atoms with van der Waals surface area (Å²) in [6.45, 7) is 1.68. The molecule has 202 valence electrons. The average Bonchev–Trinajstić information content (AvgIpc) is 2.87. The normalized spacial score (nSPS) is 12.5. The molecule has 2 atom stereocenters. The Kier molecular flexibility index (Phi) is 9.58. The van der Waals surface area contributed by atoms with Crippen LogP contribution in [0.25, 0.3) is 0 Å². The van der Waals surface area contributed by atoms with E-state index in [2.05, 4.69) is 46.8 Å². The third kappa shape index (κ3) is 7.36. The van der Waals surface area contributed by atoms with E-state index in [1.54, 1.807) is 25.1 Å². The number of hydrogen-bond donors (Lipinski definition) is 4. The Morgan fingerprint density at radius 1 is 1.18 bits per heavy atom. The molecule has 1 amide bonds. The van der Waals surface area contributed by atoms with Gasteiger partial charge in [-0.25, -0.2) is 9.97 Å². The summed E-state index contributed by atoms with van der Waals surface area (Å²) in [5.41, 5.74) is -0.419. The van der Waals surface area contributed by atoms with Gasteiger partial charge in [0.25, 0.3) is 5.91 Å². The van der Waals surface area contributed by atoms with Crippen LogP contribution < -0.4 is 20.7 Å². The van der Waals surface area contributed by atoms with Crippen molar-refractivity contribution in [3.8, 4) is 5.75 Å². The van der Waals surface area contributed by atoms with E-state index < -0.39 is 31.5 Å². The summed E-state index contributed by atoms with van der Waals surface area (Å²) in [5, 5.41) is 7.80. The van der Waals surface area contributed by atoms with Gasteiger partial charge in [-0.15, -0.1) is 0 Å². The quantitative estimate of drug-likeness (QED) is 0.170. The van der Waals surface area contributed by atoms with Crippen LogP contribution in [0.2, 0.25) is 0 Å². The summed E-state index contributed by atoms with van der Waals surface area (Å²) in [6.07, 6.45) is -3.14. The smallest absolute Gasteiger partial charge is 0.495 e. The standard InChI is InChI=1S/C23H23BrF3N6O4P/c1-12(38(35)36)4-5-13-6-7-15(17(10-13)37-3)31-22-29-11-14(23(25,26)27)20(33-22)30-16-8-9-18(24)32-19(16)21(34)28-2/h6-12H,4-5H2,1-3H3,(H3-,28,29,30,31,33,34,35,36)/p+1. The van der Waals surface area contributed by atoms with E-state index in [0.29, 0.717) is 35.1 Å². The summed E-state index contributed by atoms with van der Waals surface area (Å²) in [6, 6.07) is 7.98. The first kappa shape index (κ1) is 29.2. The first-order chi connectivity index (χ1) is 17.9. The highest BCUT2D eigenvalue weighted by Gasteiger charge is 2.36. The van der Waals surface area contributed by atoms with Crippen LogP contribution in [0.3, 0.4) is 0 Å². The van der Waals surface area contributed by atoms with Gasteiger partial charge in [0, 0.05) is 19.7 Å². The lowest BCUT2D eigenvalue weighted by molar-refractivity contribution is -0.137. The number of methoxy groups -OCH3 is 1. The predicted octanol–water partition coefficient (Wildman–Crippen LogP) is 5.56. The number of aromatic nitrogens is 3. The molecule has 2 unspecified atom stereocenters. The van der Waals surface area contributed by atoms with Crippen molar-refractivity contribution >= 4 is 53.0 Å². The highest BCUT2D eigenvalue weighted by Crippen LogP contribution is 2.37. The Morgan fingerprint density at radius 2 is 1.89 bits per heavy atom. The van der Waals surface area contributed by atoms with Crippen LogP contribution in [0.1, 0.15) is 35.0 Å². The zero-order valence-corrected chi connectivity index (χ0v) is 22.9. The summed E-state index contributed by atoms with van der Waals surface area (Å²) in [7, 11) is 0.525. The van der Waals surface area contributed by atoms with Crippen LogP contribution in [-0.4, -0.2) is 45.6 Å². The van der Waals surface area contributed by atoms with Gasteiger partial charge in [-0.05, 0) is 63.7 Å². The summed E-state index contributed by atoms with van der Waals surface area (Å²) >= 11 is 3.15. The molecule has 0 saturated carbocycles. The lowest BCUT2D eigenvalue weighted by atomic mass is 10.1. The molecule has 38 heavy (non-hydrogen) atoms. The van der Waals surface area contributed by atoms with Crippen molar-refractivity contribution in [2.75, 3.05) is 24.8 Å². The third-order valence-corrected chi connectivity index (χ3v) is 6.84. The zero-order chi connectivity index (χ0) is 28.0. The van der Waals surface area contributed by atoms with Gasteiger partial charge in [-0.2, -0.15) is 23.0 Å². The number of nitrogens with one attached hydrogen (secondary N) is 3. The summed E-state index contributed by atoms with van der Waals surface area (Å²) in [4.78, 5) is 33.3. The number of halogens is 4. The third-order valence-electron chi connectivity index (χ3n) is 5.39. The van der Waals surface area contributed by atoms with Crippen molar-refractivity contribution < 1.29 is 32.2 Å². The lowest BCUT2D eigenvalue weighted by Gasteiger charge is -2.17. The second kappa shape index (κ2) is 12.5. The largest absolute Gasteiger partial charge is 0.508 e. The number of aryl methyl sites for hydroxylation is 1. The van der Waals surface area contributed by atoms with E-state index >= 15 is 0 Å². The molecule has 0 aliphatic heterocycles. The molecule has 0 saturated heterocycles. The molecule has 0 aliphatic rings. The van der Waals surface area contributed by atoms with Crippen LogP contribution in [0, 0.1) is 0 Å². The van der Waals surface area contributed by atoms with E-state index in [-0.39, 0.29) is 23.0 Å². The number of rotatable bonds is 10. The van der Waals surface area contributed by atoms with Crippen LogP contribution in [0.5, 0.6) is 5.75 Å². The van der Waals surface area contributed by atoms with Gasteiger partial charge < -0.3 is 20.7 Å². The minimum atomic E-state index is -4.79.